The molecule has 37 heavy (non-hydrogen) atoms. The molecule has 0 aromatic heterocycles. The molecule has 0 N–H and O–H groups in total. The van der Waals surface area contributed by atoms with Crippen LogP contribution in [0.5, 0.6) is 0 Å². The molecule has 0 saturated carbocycles. The fourth-order valence-electron chi connectivity index (χ4n) is 5.24. The van der Waals surface area contributed by atoms with E-state index in [0.717, 1.165) is 32.5 Å². The Bertz CT molecular complexity index is 349. The number of hydrogen-bond donors (Lipinski definition) is 0. The van der Waals surface area contributed by atoms with Crippen molar-refractivity contribution in [2.24, 2.45) is 0 Å². The van der Waals surface area contributed by atoms with Gasteiger partial charge in [-0.05, 0) is 26.2 Å². The second kappa shape index (κ2) is 33.9. The van der Waals surface area contributed by atoms with Gasteiger partial charge in [0, 0.05) is 13.2 Å². The van der Waals surface area contributed by atoms with Crippen LogP contribution in [0.15, 0.2) is 0 Å². The van der Waals surface area contributed by atoms with Gasteiger partial charge in [-0.15, -0.1) is 0 Å². The van der Waals surface area contributed by atoms with E-state index >= 15 is 0 Å². The van der Waals surface area contributed by atoms with Crippen LogP contribution in [-0.2, 0) is 9.47 Å². The van der Waals surface area contributed by atoms with Crippen LogP contribution in [0, 0.1) is 6.92 Å². The quantitative estimate of drug-likeness (QED) is 0.0629. The van der Waals surface area contributed by atoms with E-state index in [2.05, 4.69) is 20.8 Å². The molecule has 1 radical (unpaired) electrons. The van der Waals surface area contributed by atoms with Gasteiger partial charge in [0.25, 0.3) is 0 Å². The Balaban J connectivity index is 3.25. The van der Waals surface area contributed by atoms with Crippen LogP contribution < -0.4 is 0 Å². The minimum atomic E-state index is -0.0936. The van der Waals surface area contributed by atoms with Crippen molar-refractivity contribution in [2.75, 3.05) is 13.2 Å². The third kappa shape index (κ3) is 32.0. The maximum atomic E-state index is 5.93. The van der Waals surface area contributed by atoms with Crippen molar-refractivity contribution < 1.29 is 9.47 Å². The molecule has 2 nitrogen and oxygen atoms in total. The van der Waals surface area contributed by atoms with Crippen molar-refractivity contribution in [2.45, 2.75) is 206 Å². The van der Waals surface area contributed by atoms with Crippen LogP contribution in [0.2, 0.25) is 0 Å². The van der Waals surface area contributed by atoms with E-state index in [9.17, 15) is 0 Å². The van der Waals surface area contributed by atoms with Crippen LogP contribution in [0.3, 0.4) is 0 Å². The molecular formula is C35H71O2. The second-order valence-electron chi connectivity index (χ2n) is 11.7. The van der Waals surface area contributed by atoms with Crippen molar-refractivity contribution >= 4 is 0 Å². The van der Waals surface area contributed by atoms with E-state index in [4.69, 9.17) is 9.47 Å². The smallest absolute Gasteiger partial charge is 0.157 e. The monoisotopic (exact) mass is 524 g/mol. The van der Waals surface area contributed by atoms with E-state index in [1.165, 1.54) is 167 Å². The molecule has 0 unspecified atom stereocenters. The van der Waals surface area contributed by atoms with Gasteiger partial charge in [-0.3, -0.25) is 0 Å². The van der Waals surface area contributed by atoms with Crippen LogP contribution >= 0.6 is 0 Å². The highest BCUT2D eigenvalue weighted by Gasteiger charge is 2.06. The van der Waals surface area contributed by atoms with Crippen LogP contribution in [0.25, 0.3) is 0 Å². The lowest BCUT2D eigenvalue weighted by atomic mass is 10.0. The Hall–Kier alpha value is -0.0800. The Labute approximate surface area is 235 Å². The summed E-state index contributed by atoms with van der Waals surface area (Å²) in [5, 5.41) is 0. The van der Waals surface area contributed by atoms with E-state index < -0.39 is 0 Å². The van der Waals surface area contributed by atoms with Crippen molar-refractivity contribution in [3.8, 4) is 0 Å². The molecule has 0 fully saturated rings. The van der Waals surface area contributed by atoms with Crippen LogP contribution in [0.4, 0.5) is 0 Å². The molecular weight excluding hydrogens is 452 g/mol. The maximum Gasteiger partial charge on any atom is 0.157 e. The highest BCUT2D eigenvalue weighted by atomic mass is 16.7. The first kappa shape index (κ1) is 36.9. The summed E-state index contributed by atoms with van der Waals surface area (Å²) in [7, 11) is 0. The molecule has 0 amide bonds. The zero-order valence-electron chi connectivity index (χ0n) is 26.0. The fraction of sp³-hybridized carbons (Fsp3) is 0.971. The van der Waals surface area contributed by atoms with Crippen LogP contribution in [0.1, 0.15) is 200 Å². The summed E-state index contributed by atoms with van der Waals surface area (Å²) in [6.07, 6.45) is 39.7. The lowest BCUT2D eigenvalue weighted by Gasteiger charge is -2.17. The Kier molecular flexibility index (Phi) is 33.9. The lowest BCUT2D eigenvalue weighted by Crippen LogP contribution is -2.17. The predicted molar refractivity (Wildman–Crippen MR) is 166 cm³/mol. The van der Waals surface area contributed by atoms with Gasteiger partial charge >= 0.3 is 0 Å². The Morgan fingerprint density at radius 3 is 0.784 bits per heavy atom. The zero-order chi connectivity index (χ0) is 26.9. The summed E-state index contributed by atoms with van der Waals surface area (Å²) < 4.78 is 11.9. The number of unbranched alkanes of at least 4 members (excludes halogenated alkanes) is 26. The summed E-state index contributed by atoms with van der Waals surface area (Å²) in [6, 6.07) is 0. The van der Waals surface area contributed by atoms with Gasteiger partial charge in [0.2, 0.25) is 0 Å². The van der Waals surface area contributed by atoms with Crippen molar-refractivity contribution in [1.82, 2.24) is 0 Å². The fourth-order valence-corrected chi connectivity index (χ4v) is 5.24. The zero-order valence-corrected chi connectivity index (χ0v) is 26.0. The average Bonchev–Trinajstić information content (AvgIpc) is 2.91. The maximum absolute atomic E-state index is 5.93. The van der Waals surface area contributed by atoms with E-state index in [0.29, 0.717) is 0 Å². The summed E-state index contributed by atoms with van der Waals surface area (Å²) in [5.74, 6) is 0. The largest absolute Gasteiger partial charge is 0.353 e. The SMILES string of the molecule is [CH2]CC(OCCCCCCCCCCCCCCCC)OCCCCCCCCCCCCCCCC. The summed E-state index contributed by atoms with van der Waals surface area (Å²) in [6.45, 7) is 10.3. The van der Waals surface area contributed by atoms with Crippen molar-refractivity contribution in [3.63, 3.8) is 0 Å². The van der Waals surface area contributed by atoms with Gasteiger partial charge in [0.1, 0.15) is 0 Å². The molecule has 223 valence electrons. The third-order valence-corrected chi connectivity index (χ3v) is 7.84. The van der Waals surface area contributed by atoms with Gasteiger partial charge in [-0.25, -0.2) is 0 Å². The molecule has 0 bridgehead atoms. The molecule has 0 aromatic carbocycles. The van der Waals surface area contributed by atoms with Crippen molar-refractivity contribution in [1.29, 1.82) is 0 Å². The average molecular weight is 524 g/mol. The summed E-state index contributed by atoms with van der Waals surface area (Å²) >= 11 is 0. The highest BCUT2D eigenvalue weighted by molar-refractivity contribution is 4.53. The Morgan fingerprint density at radius 1 is 0.351 bits per heavy atom. The van der Waals surface area contributed by atoms with Gasteiger partial charge in [-0.2, -0.15) is 0 Å². The first-order valence-electron chi connectivity index (χ1n) is 17.4. The number of hydrogen-bond acceptors (Lipinski definition) is 2. The predicted octanol–water partition coefficient (Wildman–Crippen LogP) is 12.5. The van der Waals surface area contributed by atoms with Gasteiger partial charge in [0.05, 0.1) is 0 Å². The van der Waals surface area contributed by atoms with E-state index in [1.54, 1.807) is 0 Å². The molecule has 2 heteroatoms. The van der Waals surface area contributed by atoms with E-state index in [-0.39, 0.29) is 6.29 Å². The molecule has 0 spiro atoms. The molecule has 0 saturated heterocycles. The molecule has 0 atom stereocenters. The molecule has 0 heterocycles. The lowest BCUT2D eigenvalue weighted by molar-refractivity contribution is -0.141. The first-order valence-corrected chi connectivity index (χ1v) is 17.4. The molecule has 0 aliphatic heterocycles. The topological polar surface area (TPSA) is 18.5 Å². The summed E-state index contributed by atoms with van der Waals surface area (Å²) in [5.41, 5.74) is 0. The molecule has 0 aliphatic rings. The van der Waals surface area contributed by atoms with Gasteiger partial charge in [-0.1, -0.05) is 181 Å². The summed E-state index contributed by atoms with van der Waals surface area (Å²) in [4.78, 5) is 0. The molecule has 0 rings (SSSR count). The van der Waals surface area contributed by atoms with Crippen LogP contribution in [-0.4, -0.2) is 19.5 Å². The van der Waals surface area contributed by atoms with Crippen molar-refractivity contribution in [3.05, 3.63) is 6.92 Å². The Morgan fingerprint density at radius 2 is 0.568 bits per heavy atom. The second-order valence-corrected chi connectivity index (χ2v) is 11.7. The number of rotatable bonds is 33. The van der Waals surface area contributed by atoms with Gasteiger partial charge < -0.3 is 9.47 Å². The standard InChI is InChI=1S/C35H71O2/c1-4-7-9-11-13-15-17-19-21-23-25-27-29-31-33-36-35(6-3)37-34-32-30-28-26-24-22-20-18-16-14-12-10-8-5-2/h35H,3-34H2,1-2H3. The molecule has 0 aromatic rings. The minimum Gasteiger partial charge on any atom is -0.353 e. The normalized spacial score (nSPS) is 11.7. The molecule has 0 aliphatic carbocycles. The third-order valence-electron chi connectivity index (χ3n) is 7.84. The minimum absolute atomic E-state index is 0.0936. The number of ether oxygens (including phenoxy) is 2. The van der Waals surface area contributed by atoms with Gasteiger partial charge in [0.15, 0.2) is 6.29 Å². The highest BCUT2D eigenvalue weighted by Crippen LogP contribution is 2.15. The first-order chi connectivity index (χ1) is 18.3. The van der Waals surface area contributed by atoms with E-state index in [1.807, 2.05) is 0 Å².